The number of hydrogen-bond acceptors (Lipinski definition) is 4. The fourth-order valence-electron chi connectivity index (χ4n) is 1.90. The van der Waals surface area contributed by atoms with Gasteiger partial charge in [-0.15, -0.1) is 0 Å². The lowest BCUT2D eigenvalue weighted by Crippen LogP contribution is -2.01. The SMILES string of the molecule is CCOc1cc(C=Nc2ccc(O)cc2)cc(I)c1OCC. The fraction of sp³-hybridized carbons (Fsp3) is 0.235. The Hall–Kier alpha value is -1.76. The Labute approximate surface area is 143 Å². The largest absolute Gasteiger partial charge is 0.508 e. The lowest BCUT2D eigenvalue weighted by Gasteiger charge is -2.13. The molecule has 0 saturated carbocycles. The molecule has 0 amide bonds. The quantitative estimate of drug-likeness (QED) is 0.561. The molecular formula is C17H18INO3. The van der Waals surface area contributed by atoms with Gasteiger partial charge in [-0.2, -0.15) is 0 Å². The van der Waals surface area contributed by atoms with Crippen molar-refractivity contribution in [3.05, 3.63) is 45.5 Å². The molecule has 2 aromatic carbocycles. The van der Waals surface area contributed by atoms with Gasteiger partial charge in [0, 0.05) is 6.21 Å². The van der Waals surface area contributed by atoms with Crippen molar-refractivity contribution < 1.29 is 14.6 Å². The van der Waals surface area contributed by atoms with Gasteiger partial charge >= 0.3 is 0 Å². The molecule has 0 bridgehead atoms. The van der Waals surface area contributed by atoms with Crippen molar-refractivity contribution in [1.29, 1.82) is 0 Å². The molecule has 2 rings (SSSR count). The number of rotatable bonds is 6. The average molecular weight is 411 g/mol. The summed E-state index contributed by atoms with van der Waals surface area (Å²) in [7, 11) is 0. The second-order valence-corrected chi connectivity index (χ2v) is 5.63. The van der Waals surface area contributed by atoms with Crippen molar-refractivity contribution in [1.82, 2.24) is 0 Å². The first kappa shape index (κ1) is 16.6. The molecule has 0 atom stereocenters. The Bertz CT molecular complexity index is 654. The predicted octanol–water partition coefficient (Wildman–Crippen LogP) is 4.54. The minimum atomic E-state index is 0.230. The first-order chi connectivity index (χ1) is 10.6. The molecular weight excluding hydrogens is 393 g/mol. The number of ether oxygens (including phenoxy) is 2. The summed E-state index contributed by atoms with van der Waals surface area (Å²) in [6, 6.07) is 10.7. The molecule has 116 valence electrons. The van der Waals surface area contributed by atoms with Crippen LogP contribution in [0.15, 0.2) is 41.4 Å². The number of nitrogens with zero attached hydrogens (tertiary/aromatic N) is 1. The molecule has 0 aromatic heterocycles. The molecule has 2 aromatic rings. The van der Waals surface area contributed by atoms with Crippen LogP contribution in [0.2, 0.25) is 0 Å². The Morgan fingerprint density at radius 1 is 1.09 bits per heavy atom. The third-order valence-corrected chi connectivity index (χ3v) is 3.63. The zero-order valence-corrected chi connectivity index (χ0v) is 14.7. The molecule has 0 heterocycles. The minimum Gasteiger partial charge on any atom is -0.508 e. The summed E-state index contributed by atoms with van der Waals surface area (Å²) in [5.41, 5.74) is 1.71. The van der Waals surface area contributed by atoms with E-state index in [1.165, 1.54) is 0 Å². The number of hydrogen-bond donors (Lipinski definition) is 1. The van der Waals surface area contributed by atoms with Crippen LogP contribution in [-0.2, 0) is 0 Å². The highest BCUT2D eigenvalue weighted by Gasteiger charge is 2.11. The van der Waals surface area contributed by atoms with Crippen LogP contribution in [0.1, 0.15) is 19.4 Å². The Balaban J connectivity index is 2.29. The Morgan fingerprint density at radius 2 is 1.77 bits per heavy atom. The first-order valence-electron chi connectivity index (χ1n) is 7.06. The van der Waals surface area contributed by atoms with Crippen LogP contribution in [0.4, 0.5) is 5.69 Å². The van der Waals surface area contributed by atoms with E-state index in [0.29, 0.717) is 13.2 Å². The second kappa shape index (κ2) is 8.03. The van der Waals surface area contributed by atoms with Gasteiger partial charge in [0.25, 0.3) is 0 Å². The van der Waals surface area contributed by atoms with Crippen LogP contribution < -0.4 is 9.47 Å². The van der Waals surface area contributed by atoms with E-state index in [9.17, 15) is 5.11 Å². The van der Waals surface area contributed by atoms with Gasteiger partial charge in [-0.05, 0) is 78.4 Å². The highest BCUT2D eigenvalue weighted by molar-refractivity contribution is 14.1. The van der Waals surface area contributed by atoms with Crippen LogP contribution in [0.5, 0.6) is 17.2 Å². The highest BCUT2D eigenvalue weighted by atomic mass is 127. The maximum Gasteiger partial charge on any atom is 0.174 e. The zero-order chi connectivity index (χ0) is 15.9. The van der Waals surface area contributed by atoms with E-state index >= 15 is 0 Å². The van der Waals surface area contributed by atoms with Gasteiger partial charge in [-0.1, -0.05) is 0 Å². The van der Waals surface area contributed by atoms with Gasteiger partial charge in [0.05, 0.1) is 22.5 Å². The molecule has 22 heavy (non-hydrogen) atoms. The van der Waals surface area contributed by atoms with Gasteiger partial charge in [0.15, 0.2) is 11.5 Å². The summed E-state index contributed by atoms with van der Waals surface area (Å²) in [6.07, 6.45) is 1.77. The average Bonchev–Trinajstić information content (AvgIpc) is 2.50. The standard InChI is InChI=1S/C17H18INO3/c1-3-21-16-10-12(9-15(18)17(16)22-4-2)11-19-13-5-7-14(20)8-6-13/h5-11,20H,3-4H2,1-2H3. The van der Waals surface area contributed by atoms with E-state index in [4.69, 9.17) is 9.47 Å². The number of halogens is 1. The third kappa shape index (κ3) is 4.37. The smallest absolute Gasteiger partial charge is 0.174 e. The molecule has 1 N–H and O–H groups in total. The second-order valence-electron chi connectivity index (χ2n) is 4.47. The topological polar surface area (TPSA) is 51.0 Å². The van der Waals surface area contributed by atoms with Gasteiger partial charge in [0.2, 0.25) is 0 Å². The van der Waals surface area contributed by atoms with Crippen molar-refractivity contribution >= 4 is 34.5 Å². The molecule has 0 fully saturated rings. The Kier molecular flexibility index (Phi) is 6.06. The van der Waals surface area contributed by atoms with E-state index in [1.807, 2.05) is 26.0 Å². The van der Waals surface area contributed by atoms with Crippen molar-refractivity contribution in [2.45, 2.75) is 13.8 Å². The molecule has 0 aliphatic rings. The summed E-state index contributed by atoms with van der Waals surface area (Å²) in [5, 5.41) is 9.27. The van der Waals surface area contributed by atoms with Gasteiger partial charge < -0.3 is 14.6 Å². The molecule has 0 aliphatic carbocycles. The monoisotopic (exact) mass is 411 g/mol. The van der Waals surface area contributed by atoms with Crippen molar-refractivity contribution in [3.63, 3.8) is 0 Å². The summed E-state index contributed by atoms with van der Waals surface area (Å²) < 4.78 is 12.3. The predicted molar refractivity (Wildman–Crippen MR) is 96.9 cm³/mol. The van der Waals surface area contributed by atoms with Crippen molar-refractivity contribution in [2.75, 3.05) is 13.2 Å². The van der Waals surface area contributed by atoms with E-state index in [0.717, 1.165) is 26.3 Å². The molecule has 4 nitrogen and oxygen atoms in total. The number of aliphatic imine (C=N–C) groups is 1. The maximum atomic E-state index is 9.27. The van der Waals surface area contributed by atoms with Crippen LogP contribution in [0, 0.1) is 3.57 Å². The number of phenols is 1. The van der Waals surface area contributed by atoms with Crippen LogP contribution in [0.25, 0.3) is 0 Å². The first-order valence-corrected chi connectivity index (χ1v) is 8.14. The third-order valence-electron chi connectivity index (χ3n) is 2.83. The number of phenolic OH excluding ortho intramolecular Hbond substituents is 1. The summed E-state index contributed by atoms with van der Waals surface area (Å²) in [5.74, 6) is 1.73. The number of benzene rings is 2. The fourth-order valence-corrected chi connectivity index (χ4v) is 2.68. The lowest BCUT2D eigenvalue weighted by atomic mass is 10.2. The maximum absolute atomic E-state index is 9.27. The zero-order valence-electron chi connectivity index (χ0n) is 12.5. The van der Waals surface area contributed by atoms with E-state index in [-0.39, 0.29) is 5.75 Å². The minimum absolute atomic E-state index is 0.230. The molecule has 0 spiro atoms. The van der Waals surface area contributed by atoms with Crippen molar-refractivity contribution in [2.24, 2.45) is 4.99 Å². The Morgan fingerprint density at radius 3 is 2.41 bits per heavy atom. The van der Waals surface area contributed by atoms with Gasteiger partial charge in [0.1, 0.15) is 5.75 Å². The van der Waals surface area contributed by atoms with Crippen molar-refractivity contribution in [3.8, 4) is 17.2 Å². The van der Waals surface area contributed by atoms with Crippen LogP contribution >= 0.6 is 22.6 Å². The molecule has 0 unspecified atom stereocenters. The van der Waals surface area contributed by atoms with Crippen LogP contribution in [0.3, 0.4) is 0 Å². The van der Waals surface area contributed by atoms with E-state index in [1.54, 1.807) is 30.5 Å². The molecule has 0 saturated heterocycles. The van der Waals surface area contributed by atoms with Crippen LogP contribution in [-0.4, -0.2) is 24.5 Å². The molecule has 5 heteroatoms. The normalized spacial score (nSPS) is 10.9. The molecule has 0 radical (unpaired) electrons. The van der Waals surface area contributed by atoms with E-state index in [2.05, 4.69) is 27.6 Å². The molecule has 0 aliphatic heterocycles. The number of aromatic hydroxyl groups is 1. The highest BCUT2D eigenvalue weighted by Crippen LogP contribution is 2.34. The summed E-state index contributed by atoms with van der Waals surface area (Å²) in [4.78, 5) is 4.40. The van der Waals surface area contributed by atoms with Gasteiger partial charge in [-0.25, -0.2) is 0 Å². The van der Waals surface area contributed by atoms with E-state index < -0.39 is 0 Å². The van der Waals surface area contributed by atoms with Gasteiger partial charge in [-0.3, -0.25) is 4.99 Å². The lowest BCUT2D eigenvalue weighted by molar-refractivity contribution is 0.286. The summed E-state index contributed by atoms with van der Waals surface area (Å²) >= 11 is 2.23. The summed E-state index contributed by atoms with van der Waals surface area (Å²) in [6.45, 7) is 5.07.